The zero-order valence-corrected chi connectivity index (χ0v) is 13.2. The monoisotopic (exact) mass is 318 g/mol. The standard InChI is InChI=1S/C17H23FN4O/c18-15-11-20-17(23-12-13-7-3-1-4-8-13)21-16(15)22(19)14-9-5-2-6-10-14/h1,3,7,11,14H,2,4-6,8-10,12,19H2. The second-order valence-corrected chi connectivity index (χ2v) is 6.10. The smallest absolute Gasteiger partial charge is 0.318 e. The van der Waals surface area contributed by atoms with Gasteiger partial charge in [-0.2, -0.15) is 4.98 Å². The van der Waals surface area contributed by atoms with E-state index in [0.29, 0.717) is 6.61 Å². The molecule has 6 heteroatoms. The number of allylic oxidation sites excluding steroid dienone is 3. The minimum atomic E-state index is -0.509. The number of aromatic nitrogens is 2. The second kappa shape index (κ2) is 7.55. The van der Waals surface area contributed by atoms with Crippen molar-refractivity contribution in [2.45, 2.75) is 51.0 Å². The molecule has 0 unspecified atom stereocenters. The molecule has 1 heterocycles. The van der Waals surface area contributed by atoms with Gasteiger partial charge in [0.25, 0.3) is 0 Å². The van der Waals surface area contributed by atoms with E-state index in [0.717, 1.165) is 44.7 Å². The van der Waals surface area contributed by atoms with Gasteiger partial charge < -0.3 is 4.74 Å². The SMILES string of the molecule is NN(c1nc(OCC2=CC=CCC2)ncc1F)C1CCCCC1. The van der Waals surface area contributed by atoms with Crippen LogP contribution in [-0.4, -0.2) is 22.6 Å². The minimum Gasteiger partial charge on any atom is -0.459 e. The highest BCUT2D eigenvalue weighted by molar-refractivity contribution is 5.39. The summed E-state index contributed by atoms with van der Waals surface area (Å²) in [5.74, 6) is 5.72. The zero-order valence-electron chi connectivity index (χ0n) is 13.2. The quantitative estimate of drug-likeness (QED) is 0.667. The van der Waals surface area contributed by atoms with Crippen LogP contribution in [0.4, 0.5) is 10.2 Å². The molecular formula is C17H23FN4O. The minimum absolute atomic E-state index is 0.124. The van der Waals surface area contributed by atoms with E-state index in [2.05, 4.69) is 16.0 Å². The summed E-state index contributed by atoms with van der Waals surface area (Å²) >= 11 is 0. The first kappa shape index (κ1) is 15.9. The molecule has 124 valence electrons. The topological polar surface area (TPSA) is 64.3 Å². The van der Waals surface area contributed by atoms with Crippen LogP contribution >= 0.6 is 0 Å². The van der Waals surface area contributed by atoms with E-state index in [4.69, 9.17) is 10.6 Å². The summed E-state index contributed by atoms with van der Waals surface area (Å²) in [6.07, 6.45) is 14.7. The molecule has 2 aliphatic carbocycles. The summed E-state index contributed by atoms with van der Waals surface area (Å²) in [7, 11) is 0. The maximum atomic E-state index is 14.0. The van der Waals surface area contributed by atoms with Gasteiger partial charge in [-0.15, -0.1) is 0 Å². The summed E-state index contributed by atoms with van der Waals surface area (Å²) in [5.41, 5.74) is 1.18. The van der Waals surface area contributed by atoms with E-state index in [1.165, 1.54) is 17.0 Å². The highest BCUT2D eigenvalue weighted by Crippen LogP contribution is 2.26. The van der Waals surface area contributed by atoms with Gasteiger partial charge in [0.1, 0.15) is 6.61 Å². The average molecular weight is 318 g/mol. The number of nitrogens with two attached hydrogens (primary N) is 1. The lowest BCUT2D eigenvalue weighted by molar-refractivity contribution is 0.316. The van der Waals surface area contributed by atoms with Crippen molar-refractivity contribution >= 4 is 5.82 Å². The molecule has 0 aromatic carbocycles. The van der Waals surface area contributed by atoms with Crippen molar-refractivity contribution in [2.75, 3.05) is 11.6 Å². The van der Waals surface area contributed by atoms with Crippen molar-refractivity contribution in [1.29, 1.82) is 0 Å². The lowest BCUT2D eigenvalue weighted by Crippen LogP contribution is -2.43. The Hall–Kier alpha value is -1.95. The van der Waals surface area contributed by atoms with Gasteiger partial charge in [-0.25, -0.2) is 15.2 Å². The Morgan fingerprint density at radius 2 is 2.13 bits per heavy atom. The number of hydrogen-bond acceptors (Lipinski definition) is 5. The Labute approximate surface area is 136 Å². The van der Waals surface area contributed by atoms with Gasteiger partial charge in [-0.3, -0.25) is 5.01 Å². The number of hydrazine groups is 1. The molecule has 0 spiro atoms. The van der Waals surface area contributed by atoms with Crippen LogP contribution in [0.25, 0.3) is 0 Å². The molecular weight excluding hydrogens is 295 g/mol. The van der Waals surface area contributed by atoms with Crippen LogP contribution in [0.5, 0.6) is 6.01 Å². The third-order valence-electron chi connectivity index (χ3n) is 4.40. The van der Waals surface area contributed by atoms with E-state index in [-0.39, 0.29) is 17.9 Å². The second-order valence-electron chi connectivity index (χ2n) is 6.10. The highest BCUT2D eigenvalue weighted by Gasteiger charge is 2.23. The van der Waals surface area contributed by atoms with Crippen molar-refractivity contribution < 1.29 is 9.13 Å². The molecule has 0 bridgehead atoms. The van der Waals surface area contributed by atoms with Crippen LogP contribution in [0, 0.1) is 5.82 Å². The van der Waals surface area contributed by atoms with E-state index in [9.17, 15) is 4.39 Å². The van der Waals surface area contributed by atoms with Gasteiger partial charge in [-0.05, 0) is 31.3 Å². The number of hydrogen-bond donors (Lipinski definition) is 1. The number of ether oxygens (including phenoxy) is 1. The van der Waals surface area contributed by atoms with E-state index in [1.807, 2.05) is 12.2 Å². The fourth-order valence-electron chi connectivity index (χ4n) is 3.06. The van der Waals surface area contributed by atoms with Crippen molar-refractivity contribution in [2.24, 2.45) is 5.84 Å². The lowest BCUT2D eigenvalue weighted by atomic mass is 9.95. The van der Waals surface area contributed by atoms with Gasteiger partial charge in [0.05, 0.1) is 6.20 Å². The fourth-order valence-corrected chi connectivity index (χ4v) is 3.06. The normalized spacial score (nSPS) is 18.6. The van der Waals surface area contributed by atoms with Crippen LogP contribution in [0.2, 0.25) is 0 Å². The summed E-state index contributed by atoms with van der Waals surface area (Å²) in [6, 6.07) is 0.301. The summed E-state index contributed by atoms with van der Waals surface area (Å²) in [4.78, 5) is 8.09. The van der Waals surface area contributed by atoms with Gasteiger partial charge in [0, 0.05) is 6.04 Å². The molecule has 1 fully saturated rings. The third-order valence-corrected chi connectivity index (χ3v) is 4.40. The summed E-state index contributed by atoms with van der Waals surface area (Å²) in [5, 5.41) is 1.45. The Morgan fingerprint density at radius 1 is 1.30 bits per heavy atom. The van der Waals surface area contributed by atoms with E-state index in [1.54, 1.807) is 0 Å². The molecule has 0 aliphatic heterocycles. The molecule has 2 N–H and O–H groups in total. The Bertz CT molecular complexity index is 596. The predicted molar refractivity (Wildman–Crippen MR) is 87.5 cm³/mol. The number of rotatable bonds is 5. The largest absolute Gasteiger partial charge is 0.459 e. The third kappa shape index (κ3) is 4.07. The highest BCUT2D eigenvalue weighted by atomic mass is 19.1. The molecule has 5 nitrogen and oxygen atoms in total. The Kier molecular flexibility index (Phi) is 5.23. The lowest BCUT2D eigenvalue weighted by Gasteiger charge is -2.31. The van der Waals surface area contributed by atoms with Gasteiger partial charge in [0.15, 0.2) is 11.6 Å². The van der Waals surface area contributed by atoms with Crippen molar-refractivity contribution in [3.05, 3.63) is 35.8 Å². The van der Waals surface area contributed by atoms with Crippen LogP contribution in [0.3, 0.4) is 0 Å². The first-order chi connectivity index (χ1) is 11.2. The van der Waals surface area contributed by atoms with Crippen LogP contribution in [0.1, 0.15) is 44.9 Å². The van der Waals surface area contributed by atoms with Crippen LogP contribution < -0.4 is 15.6 Å². The number of halogens is 1. The molecule has 0 amide bonds. The molecule has 1 saturated carbocycles. The Balaban J connectivity index is 1.68. The van der Waals surface area contributed by atoms with Gasteiger partial charge in [0.2, 0.25) is 0 Å². The van der Waals surface area contributed by atoms with Gasteiger partial charge in [-0.1, -0.05) is 37.5 Å². The predicted octanol–water partition coefficient (Wildman–Crippen LogP) is 3.28. The first-order valence-corrected chi connectivity index (χ1v) is 8.28. The molecule has 23 heavy (non-hydrogen) atoms. The molecule has 1 aromatic rings. The summed E-state index contributed by atoms with van der Waals surface area (Å²) in [6.45, 7) is 0.420. The Morgan fingerprint density at radius 3 is 2.87 bits per heavy atom. The van der Waals surface area contributed by atoms with Gasteiger partial charge >= 0.3 is 6.01 Å². The zero-order chi connectivity index (χ0) is 16.1. The summed E-state index contributed by atoms with van der Waals surface area (Å²) < 4.78 is 19.7. The molecule has 0 radical (unpaired) electrons. The van der Waals surface area contributed by atoms with Crippen molar-refractivity contribution in [1.82, 2.24) is 9.97 Å². The van der Waals surface area contributed by atoms with E-state index < -0.39 is 5.82 Å². The average Bonchev–Trinajstić information content (AvgIpc) is 2.62. The first-order valence-electron chi connectivity index (χ1n) is 8.28. The maximum Gasteiger partial charge on any atom is 0.318 e. The fraction of sp³-hybridized carbons (Fsp3) is 0.529. The number of anilines is 1. The van der Waals surface area contributed by atoms with Crippen molar-refractivity contribution in [3.63, 3.8) is 0 Å². The number of nitrogens with zero attached hydrogens (tertiary/aromatic N) is 3. The molecule has 2 aliphatic rings. The molecule has 1 aromatic heterocycles. The van der Waals surface area contributed by atoms with Crippen molar-refractivity contribution in [3.8, 4) is 6.01 Å². The molecule has 3 rings (SSSR count). The molecule has 0 atom stereocenters. The van der Waals surface area contributed by atoms with E-state index >= 15 is 0 Å². The van der Waals surface area contributed by atoms with Crippen LogP contribution in [0.15, 0.2) is 30.0 Å². The maximum absolute atomic E-state index is 14.0. The van der Waals surface area contributed by atoms with Crippen LogP contribution in [-0.2, 0) is 0 Å². The molecule has 0 saturated heterocycles.